The van der Waals surface area contributed by atoms with Crippen molar-refractivity contribution < 1.29 is 5.11 Å². The molecule has 2 aromatic rings. The second-order valence-electron chi connectivity index (χ2n) is 4.79. The van der Waals surface area contributed by atoms with Crippen molar-refractivity contribution >= 4 is 5.69 Å². The van der Waals surface area contributed by atoms with Crippen molar-refractivity contribution in [1.29, 1.82) is 5.26 Å². The Bertz CT molecular complexity index is 614. The Labute approximate surface area is 118 Å². The minimum atomic E-state index is -0.554. The SMILES string of the molecule is C[C@H](O)c1ccc(N(C)Cc2cccc(C#N)c2)cn1. The minimum Gasteiger partial charge on any atom is -0.387 e. The zero-order valence-electron chi connectivity index (χ0n) is 11.6. The van der Waals surface area contributed by atoms with Crippen molar-refractivity contribution in [3.8, 4) is 6.07 Å². The maximum atomic E-state index is 9.44. The molecule has 0 bridgehead atoms. The number of aliphatic hydroxyl groups is 1. The first kappa shape index (κ1) is 14.0. The lowest BCUT2D eigenvalue weighted by Gasteiger charge is -2.19. The Morgan fingerprint density at radius 2 is 2.15 bits per heavy atom. The van der Waals surface area contributed by atoms with Gasteiger partial charge in [0.05, 0.1) is 35.3 Å². The third-order valence-corrected chi connectivity index (χ3v) is 3.12. The van der Waals surface area contributed by atoms with Crippen LogP contribution in [0.4, 0.5) is 5.69 Å². The Morgan fingerprint density at radius 3 is 2.75 bits per heavy atom. The van der Waals surface area contributed by atoms with Gasteiger partial charge in [-0.15, -0.1) is 0 Å². The molecule has 0 amide bonds. The van der Waals surface area contributed by atoms with Crippen LogP contribution >= 0.6 is 0 Å². The largest absolute Gasteiger partial charge is 0.387 e. The highest BCUT2D eigenvalue weighted by Gasteiger charge is 2.06. The standard InChI is InChI=1S/C16H17N3O/c1-12(20)16-7-6-15(10-18-16)19(2)11-14-5-3-4-13(8-14)9-17/h3-8,10,12,20H,11H2,1-2H3/t12-/m0/s1. The van der Waals surface area contributed by atoms with Gasteiger partial charge in [0.25, 0.3) is 0 Å². The first-order chi connectivity index (χ1) is 9.60. The predicted octanol–water partition coefficient (Wildman–Crippen LogP) is 2.64. The Balaban J connectivity index is 2.11. The summed E-state index contributed by atoms with van der Waals surface area (Å²) in [6, 6.07) is 13.5. The van der Waals surface area contributed by atoms with Crippen molar-refractivity contribution in [3.63, 3.8) is 0 Å². The molecular weight excluding hydrogens is 250 g/mol. The fraction of sp³-hybridized carbons (Fsp3) is 0.250. The van der Waals surface area contributed by atoms with Gasteiger partial charge in [-0.3, -0.25) is 4.98 Å². The molecule has 2 rings (SSSR count). The normalized spacial score (nSPS) is 11.7. The van der Waals surface area contributed by atoms with Crippen LogP contribution in [0, 0.1) is 11.3 Å². The van der Waals surface area contributed by atoms with E-state index in [1.165, 1.54) is 0 Å². The molecule has 0 saturated heterocycles. The molecule has 4 heteroatoms. The van der Waals surface area contributed by atoms with Crippen molar-refractivity contribution in [2.45, 2.75) is 19.6 Å². The Morgan fingerprint density at radius 1 is 1.35 bits per heavy atom. The van der Waals surface area contributed by atoms with Crippen molar-refractivity contribution in [3.05, 3.63) is 59.4 Å². The molecule has 0 aliphatic heterocycles. The third-order valence-electron chi connectivity index (χ3n) is 3.12. The molecule has 0 aliphatic carbocycles. The summed E-state index contributed by atoms with van der Waals surface area (Å²) in [6.07, 6.45) is 1.19. The number of aromatic nitrogens is 1. The topological polar surface area (TPSA) is 60.1 Å². The molecule has 1 heterocycles. The van der Waals surface area contributed by atoms with Gasteiger partial charge in [-0.1, -0.05) is 12.1 Å². The van der Waals surface area contributed by atoms with E-state index in [0.717, 1.165) is 11.3 Å². The Hall–Kier alpha value is -2.38. The highest BCUT2D eigenvalue weighted by atomic mass is 16.3. The number of pyridine rings is 1. The highest BCUT2D eigenvalue weighted by molar-refractivity contribution is 5.45. The molecule has 1 N–H and O–H groups in total. The summed E-state index contributed by atoms with van der Waals surface area (Å²) < 4.78 is 0. The van der Waals surface area contributed by atoms with Gasteiger partial charge < -0.3 is 10.0 Å². The maximum Gasteiger partial charge on any atom is 0.0991 e. The molecule has 0 aliphatic rings. The summed E-state index contributed by atoms with van der Waals surface area (Å²) in [7, 11) is 1.97. The summed E-state index contributed by atoms with van der Waals surface area (Å²) >= 11 is 0. The summed E-state index contributed by atoms with van der Waals surface area (Å²) in [6.45, 7) is 2.39. The lowest BCUT2D eigenvalue weighted by molar-refractivity contribution is 0.194. The van der Waals surface area contributed by atoms with E-state index in [1.807, 2.05) is 37.4 Å². The van der Waals surface area contributed by atoms with Crippen LogP contribution in [0.1, 0.15) is 29.8 Å². The second kappa shape index (κ2) is 6.18. The van der Waals surface area contributed by atoms with Gasteiger partial charge in [-0.05, 0) is 36.8 Å². The van der Waals surface area contributed by atoms with Crippen LogP contribution in [0.15, 0.2) is 42.6 Å². The molecule has 0 unspecified atom stereocenters. The van der Waals surface area contributed by atoms with Crippen molar-refractivity contribution in [2.75, 3.05) is 11.9 Å². The van der Waals surface area contributed by atoms with Crippen LogP contribution in [0.5, 0.6) is 0 Å². The van der Waals surface area contributed by atoms with Crippen LogP contribution in [0.2, 0.25) is 0 Å². The Kier molecular flexibility index (Phi) is 4.34. The molecule has 4 nitrogen and oxygen atoms in total. The number of nitriles is 1. The van der Waals surface area contributed by atoms with Crippen LogP contribution in [0.3, 0.4) is 0 Å². The van der Waals surface area contributed by atoms with Gasteiger partial charge in [0.2, 0.25) is 0 Å². The summed E-state index contributed by atoms with van der Waals surface area (Å²) in [5.74, 6) is 0. The van der Waals surface area contributed by atoms with Gasteiger partial charge in [-0.2, -0.15) is 5.26 Å². The van der Waals surface area contributed by atoms with Crippen LogP contribution in [0.25, 0.3) is 0 Å². The summed E-state index contributed by atoms with van der Waals surface area (Å²) in [5.41, 5.74) is 3.37. The van der Waals surface area contributed by atoms with E-state index in [-0.39, 0.29) is 0 Å². The minimum absolute atomic E-state index is 0.554. The first-order valence-electron chi connectivity index (χ1n) is 6.44. The van der Waals surface area contributed by atoms with E-state index in [2.05, 4.69) is 16.0 Å². The first-order valence-corrected chi connectivity index (χ1v) is 6.44. The van der Waals surface area contributed by atoms with Gasteiger partial charge >= 0.3 is 0 Å². The number of aliphatic hydroxyl groups excluding tert-OH is 1. The average molecular weight is 267 g/mol. The van der Waals surface area contributed by atoms with Gasteiger partial charge in [0.1, 0.15) is 0 Å². The molecule has 0 saturated carbocycles. The monoisotopic (exact) mass is 267 g/mol. The molecule has 0 spiro atoms. The van der Waals surface area contributed by atoms with Crippen molar-refractivity contribution in [2.24, 2.45) is 0 Å². The van der Waals surface area contributed by atoms with Gasteiger partial charge in [0, 0.05) is 13.6 Å². The van der Waals surface area contributed by atoms with Gasteiger partial charge in [-0.25, -0.2) is 0 Å². The van der Waals surface area contributed by atoms with Crippen LogP contribution in [-0.4, -0.2) is 17.1 Å². The second-order valence-corrected chi connectivity index (χ2v) is 4.79. The molecule has 0 fully saturated rings. The van der Waals surface area contributed by atoms with E-state index in [0.29, 0.717) is 17.8 Å². The number of benzene rings is 1. The fourth-order valence-electron chi connectivity index (χ4n) is 1.97. The maximum absolute atomic E-state index is 9.44. The van der Waals surface area contributed by atoms with E-state index in [9.17, 15) is 5.11 Å². The number of hydrogen-bond donors (Lipinski definition) is 1. The highest BCUT2D eigenvalue weighted by Crippen LogP contribution is 2.17. The quantitative estimate of drug-likeness (QED) is 0.925. The zero-order valence-corrected chi connectivity index (χ0v) is 11.6. The summed E-state index contributed by atoms with van der Waals surface area (Å²) in [5, 5.41) is 18.3. The van der Waals surface area contributed by atoms with E-state index in [4.69, 9.17) is 5.26 Å². The number of rotatable bonds is 4. The summed E-state index contributed by atoms with van der Waals surface area (Å²) in [4.78, 5) is 6.28. The van der Waals surface area contributed by atoms with Crippen LogP contribution in [-0.2, 0) is 6.54 Å². The number of hydrogen-bond acceptors (Lipinski definition) is 4. The molecule has 1 atom stereocenters. The van der Waals surface area contributed by atoms with E-state index >= 15 is 0 Å². The molecule has 1 aromatic heterocycles. The smallest absolute Gasteiger partial charge is 0.0991 e. The zero-order chi connectivity index (χ0) is 14.5. The molecule has 20 heavy (non-hydrogen) atoms. The molecule has 102 valence electrons. The lowest BCUT2D eigenvalue weighted by atomic mass is 10.1. The fourth-order valence-corrected chi connectivity index (χ4v) is 1.97. The van der Waals surface area contributed by atoms with E-state index < -0.39 is 6.10 Å². The number of nitrogens with zero attached hydrogens (tertiary/aromatic N) is 3. The van der Waals surface area contributed by atoms with Gasteiger partial charge in [0.15, 0.2) is 0 Å². The third kappa shape index (κ3) is 3.34. The molecule has 0 radical (unpaired) electrons. The predicted molar refractivity (Wildman–Crippen MR) is 78.1 cm³/mol. The average Bonchev–Trinajstić information content (AvgIpc) is 2.47. The van der Waals surface area contributed by atoms with E-state index in [1.54, 1.807) is 19.2 Å². The molecular formula is C16H17N3O. The molecule has 1 aromatic carbocycles. The number of anilines is 1. The lowest BCUT2D eigenvalue weighted by Crippen LogP contribution is -2.16. The van der Waals surface area contributed by atoms with Crippen LogP contribution < -0.4 is 4.90 Å². The van der Waals surface area contributed by atoms with Crippen molar-refractivity contribution in [1.82, 2.24) is 4.98 Å².